The molecule has 3 aromatic heterocycles. The number of aryl methyl sites for hydroxylation is 1. The molecule has 0 bridgehead atoms. The summed E-state index contributed by atoms with van der Waals surface area (Å²) in [7, 11) is 0. The third kappa shape index (κ3) is 5.04. The zero-order chi connectivity index (χ0) is 29.5. The minimum absolute atomic E-state index is 0.0682. The molecule has 2 aliphatic rings. The molecule has 1 aliphatic carbocycles. The number of ketones is 1. The lowest BCUT2D eigenvalue weighted by atomic mass is 9.95. The average molecular weight is 571 g/mol. The number of hydrogen-bond donors (Lipinski definition) is 1. The second kappa shape index (κ2) is 10.6. The van der Waals surface area contributed by atoms with E-state index in [1.807, 2.05) is 30.3 Å². The fourth-order valence-corrected chi connectivity index (χ4v) is 5.06. The number of rotatable bonds is 6. The van der Waals surface area contributed by atoms with Gasteiger partial charge in [0.05, 0.1) is 28.2 Å². The lowest BCUT2D eigenvalue weighted by molar-refractivity contribution is -0.119. The molecule has 2 aromatic carbocycles. The van der Waals surface area contributed by atoms with E-state index in [0.29, 0.717) is 45.3 Å². The molecule has 1 saturated carbocycles. The summed E-state index contributed by atoms with van der Waals surface area (Å²) < 4.78 is 20.8. The van der Waals surface area contributed by atoms with Crippen LogP contribution in [-0.2, 0) is 11.2 Å². The molecule has 1 aliphatic heterocycles. The first-order valence-corrected chi connectivity index (χ1v) is 13.8. The average Bonchev–Trinajstić information content (AvgIpc) is 3.80. The van der Waals surface area contributed by atoms with Crippen molar-refractivity contribution in [3.05, 3.63) is 107 Å². The van der Waals surface area contributed by atoms with Gasteiger partial charge in [0.1, 0.15) is 17.7 Å². The molecule has 4 heterocycles. The van der Waals surface area contributed by atoms with E-state index in [2.05, 4.69) is 36.5 Å². The van der Waals surface area contributed by atoms with Crippen LogP contribution >= 0.6 is 0 Å². The van der Waals surface area contributed by atoms with Gasteiger partial charge in [0, 0.05) is 47.0 Å². The van der Waals surface area contributed by atoms with Crippen molar-refractivity contribution in [3.8, 4) is 28.8 Å². The van der Waals surface area contributed by atoms with Crippen molar-refractivity contribution in [2.75, 3.05) is 5.32 Å². The smallest absolute Gasteiger partial charge is 0.317 e. The number of nitriles is 1. The largest absolute Gasteiger partial charge is 0.403 e. The third-order valence-electron chi connectivity index (χ3n) is 7.47. The third-order valence-corrected chi connectivity index (χ3v) is 7.47. The van der Waals surface area contributed by atoms with Gasteiger partial charge in [0.2, 0.25) is 0 Å². The Bertz CT molecular complexity index is 1940. The highest BCUT2D eigenvalue weighted by molar-refractivity contribution is 6.16. The molecule has 0 amide bonds. The lowest BCUT2D eigenvalue weighted by Crippen LogP contribution is -2.29. The molecule has 7 rings (SSSR count). The van der Waals surface area contributed by atoms with Gasteiger partial charge < -0.3 is 9.73 Å². The summed E-state index contributed by atoms with van der Waals surface area (Å²) in [5.74, 6) is 0.433. The maximum absolute atomic E-state index is 14.9. The van der Waals surface area contributed by atoms with E-state index in [-0.39, 0.29) is 29.7 Å². The van der Waals surface area contributed by atoms with Crippen LogP contribution in [0.3, 0.4) is 0 Å². The maximum atomic E-state index is 14.9. The van der Waals surface area contributed by atoms with Crippen LogP contribution in [0.5, 0.6) is 0 Å². The first-order valence-electron chi connectivity index (χ1n) is 13.8. The van der Waals surface area contributed by atoms with Crippen molar-refractivity contribution in [2.45, 2.75) is 38.3 Å². The highest BCUT2D eigenvalue weighted by atomic mass is 19.1. The van der Waals surface area contributed by atoms with Gasteiger partial charge in [0.15, 0.2) is 11.9 Å². The standard InChI is InChI=1S/C32H23FN8O2/c1-17-20(14-34)12-24(28(37-17)21-15-35-29(36-16-21)19-10-11-19)31-40-41-32(43-31)39-30-26(42)13-23-22(8-5-9-25(23)33)27(38-30)18-6-3-2-4-7-18/h2-9,12,15-16,19,30H,10-11,13H2,1H3,(H,39,41)/t30-/m1/s1. The van der Waals surface area contributed by atoms with Crippen LogP contribution in [0.2, 0.25) is 0 Å². The van der Waals surface area contributed by atoms with Crippen LogP contribution in [0.15, 0.2) is 76.4 Å². The molecule has 0 spiro atoms. The number of carbonyl (C=O) groups is 1. The second-order valence-corrected chi connectivity index (χ2v) is 10.4. The van der Waals surface area contributed by atoms with Gasteiger partial charge in [-0.1, -0.05) is 47.6 Å². The Balaban J connectivity index is 1.25. The minimum Gasteiger partial charge on any atom is -0.403 e. The zero-order valence-corrected chi connectivity index (χ0v) is 23.0. The molecule has 5 aromatic rings. The molecule has 11 heteroatoms. The van der Waals surface area contributed by atoms with Crippen molar-refractivity contribution in [3.63, 3.8) is 0 Å². The molecule has 0 radical (unpaired) electrons. The van der Waals surface area contributed by atoms with E-state index >= 15 is 0 Å². The summed E-state index contributed by atoms with van der Waals surface area (Å²) in [5, 5.41) is 20.9. The van der Waals surface area contributed by atoms with Gasteiger partial charge in [-0.3, -0.25) is 14.8 Å². The molecule has 43 heavy (non-hydrogen) atoms. The van der Waals surface area contributed by atoms with E-state index in [1.165, 1.54) is 6.07 Å². The fourth-order valence-electron chi connectivity index (χ4n) is 5.06. The number of carbonyl (C=O) groups excluding carboxylic acids is 1. The minimum atomic E-state index is -1.12. The summed E-state index contributed by atoms with van der Waals surface area (Å²) in [6.07, 6.45) is 4.28. The Morgan fingerprint density at radius 2 is 1.79 bits per heavy atom. The summed E-state index contributed by atoms with van der Waals surface area (Å²) >= 11 is 0. The molecule has 0 saturated heterocycles. The number of aromatic nitrogens is 5. The molecule has 1 fully saturated rings. The lowest BCUT2D eigenvalue weighted by Gasteiger charge is -2.12. The Hall–Kier alpha value is -5.63. The molecular weight excluding hydrogens is 547 g/mol. The quantitative estimate of drug-likeness (QED) is 0.292. The van der Waals surface area contributed by atoms with Crippen molar-refractivity contribution < 1.29 is 13.6 Å². The Labute approximate surface area is 245 Å². The topological polar surface area (TPSA) is 143 Å². The molecular formula is C32H23FN8O2. The van der Waals surface area contributed by atoms with Crippen molar-refractivity contribution in [1.82, 2.24) is 25.1 Å². The first kappa shape index (κ1) is 26.3. The molecule has 1 N–H and O–H groups in total. The summed E-state index contributed by atoms with van der Waals surface area (Å²) in [6.45, 7) is 1.74. The number of hydrogen-bond acceptors (Lipinski definition) is 10. The number of nitrogens with zero attached hydrogens (tertiary/aromatic N) is 7. The number of Topliss-reactive ketones (excluding diaryl/α,β-unsaturated/α-hetero) is 1. The van der Waals surface area contributed by atoms with E-state index < -0.39 is 12.0 Å². The number of benzene rings is 2. The molecule has 210 valence electrons. The van der Waals surface area contributed by atoms with E-state index in [0.717, 1.165) is 24.2 Å². The molecule has 1 atom stereocenters. The second-order valence-electron chi connectivity index (χ2n) is 10.4. The van der Waals surface area contributed by atoms with Crippen molar-refractivity contribution >= 4 is 17.5 Å². The van der Waals surface area contributed by atoms with Gasteiger partial charge in [-0.15, -0.1) is 5.10 Å². The predicted octanol–water partition coefficient (Wildman–Crippen LogP) is 5.19. The number of fused-ring (bicyclic) bond motifs is 1. The Kier molecular flexibility index (Phi) is 6.51. The van der Waals surface area contributed by atoms with Crippen LogP contribution in [0.4, 0.5) is 10.4 Å². The van der Waals surface area contributed by atoms with Gasteiger partial charge in [-0.2, -0.15) is 5.26 Å². The Morgan fingerprint density at radius 1 is 1.00 bits per heavy atom. The normalized spacial score (nSPS) is 16.2. The SMILES string of the molecule is Cc1nc(-c2cnc(C3CC3)nc2)c(-c2nnc(N[C@H]3N=C(c4ccccc4)c4cccc(F)c4CC3=O)o2)cc1C#N. The van der Waals surface area contributed by atoms with Gasteiger partial charge >= 0.3 is 6.01 Å². The Morgan fingerprint density at radius 3 is 2.53 bits per heavy atom. The van der Waals surface area contributed by atoms with E-state index in [1.54, 1.807) is 37.5 Å². The van der Waals surface area contributed by atoms with Gasteiger partial charge in [0.25, 0.3) is 5.89 Å². The fraction of sp³-hybridized carbons (Fsp3) is 0.188. The maximum Gasteiger partial charge on any atom is 0.317 e. The van der Waals surface area contributed by atoms with Crippen LogP contribution < -0.4 is 5.32 Å². The van der Waals surface area contributed by atoms with Crippen LogP contribution in [0.1, 0.15) is 52.5 Å². The number of anilines is 1. The predicted molar refractivity (Wildman–Crippen MR) is 155 cm³/mol. The highest BCUT2D eigenvalue weighted by Crippen LogP contribution is 2.38. The van der Waals surface area contributed by atoms with E-state index in [4.69, 9.17) is 9.41 Å². The van der Waals surface area contributed by atoms with Crippen LogP contribution in [0, 0.1) is 24.1 Å². The molecule has 0 unspecified atom stereocenters. The highest BCUT2D eigenvalue weighted by Gasteiger charge is 2.30. The van der Waals surface area contributed by atoms with Gasteiger partial charge in [-0.05, 0) is 31.9 Å². The number of pyridine rings is 1. The van der Waals surface area contributed by atoms with Gasteiger partial charge in [-0.25, -0.2) is 14.4 Å². The summed E-state index contributed by atoms with van der Waals surface area (Å²) in [6, 6.07) is 17.7. The van der Waals surface area contributed by atoms with Crippen molar-refractivity contribution in [1.29, 1.82) is 5.26 Å². The van der Waals surface area contributed by atoms with E-state index in [9.17, 15) is 14.4 Å². The van der Waals surface area contributed by atoms with Crippen molar-refractivity contribution in [2.24, 2.45) is 4.99 Å². The monoisotopic (exact) mass is 570 g/mol. The number of aliphatic imine (C=N–C) groups is 1. The summed E-state index contributed by atoms with van der Waals surface area (Å²) in [5.41, 5.74) is 4.44. The van der Waals surface area contributed by atoms with Crippen LogP contribution in [0.25, 0.3) is 22.7 Å². The van der Waals surface area contributed by atoms with Crippen LogP contribution in [-0.4, -0.2) is 42.8 Å². The first-order chi connectivity index (χ1) is 21.0. The zero-order valence-electron chi connectivity index (χ0n) is 23.0. The number of halogens is 1. The summed E-state index contributed by atoms with van der Waals surface area (Å²) in [4.78, 5) is 31.7. The number of nitrogens with one attached hydrogen (secondary N) is 1. The molecule has 10 nitrogen and oxygen atoms in total.